The molecule has 0 aromatic carbocycles. The molecular formula is C15H26N4O. The van der Waals surface area contributed by atoms with Crippen molar-refractivity contribution in [2.75, 3.05) is 33.7 Å². The predicted octanol–water partition coefficient (Wildman–Crippen LogP) is 1.93. The number of nitrogens with two attached hydrogens (primary N) is 1. The number of hydrogen-bond acceptors (Lipinski definition) is 3. The minimum Gasteiger partial charge on any atom is -0.468 e. The average molecular weight is 278 g/mol. The van der Waals surface area contributed by atoms with Crippen LogP contribution in [-0.4, -0.2) is 49.5 Å². The Hall–Kier alpha value is -1.49. The normalized spacial score (nSPS) is 22.3. The minimum absolute atomic E-state index is 0.130. The van der Waals surface area contributed by atoms with Gasteiger partial charge in [-0.05, 0) is 45.0 Å². The molecule has 0 aliphatic carbocycles. The van der Waals surface area contributed by atoms with Crippen molar-refractivity contribution >= 4 is 5.96 Å². The maximum atomic E-state index is 6.14. The van der Waals surface area contributed by atoms with Crippen LogP contribution in [0.3, 0.4) is 0 Å². The van der Waals surface area contributed by atoms with Crippen LogP contribution < -0.4 is 5.73 Å². The molecule has 1 aliphatic rings. The van der Waals surface area contributed by atoms with Gasteiger partial charge < -0.3 is 15.1 Å². The van der Waals surface area contributed by atoms with Gasteiger partial charge >= 0.3 is 0 Å². The minimum atomic E-state index is 0.130. The highest BCUT2D eigenvalue weighted by Gasteiger charge is 2.20. The Morgan fingerprint density at radius 2 is 2.40 bits per heavy atom. The standard InChI is InChI=1S/C15H26N4O/c1-12-6-4-8-19(11-12)15(16)17-10-13(18(2)3)14-7-5-9-20-14/h5,7,9,12-13H,4,6,8,10-11H2,1-3H3,(H2,16,17). The molecule has 0 bridgehead atoms. The van der Waals surface area contributed by atoms with Gasteiger partial charge in [-0.2, -0.15) is 0 Å². The molecule has 1 fully saturated rings. The zero-order chi connectivity index (χ0) is 14.5. The molecule has 1 aromatic rings. The van der Waals surface area contributed by atoms with E-state index in [4.69, 9.17) is 10.2 Å². The summed E-state index contributed by atoms with van der Waals surface area (Å²) in [4.78, 5) is 8.88. The molecule has 1 aliphatic heterocycles. The Bertz CT molecular complexity index is 427. The molecule has 2 atom stereocenters. The topological polar surface area (TPSA) is 58.0 Å². The molecule has 2 heterocycles. The number of piperidine rings is 1. The second-order valence-corrected chi connectivity index (χ2v) is 5.89. The number of furan rings is 1. The number of likely N-dealkylation sites (tertiary alicyclic amines) is 1. The molecule has 5 heteroatoms. The summed E-state index contributed by atoms with van der Waals surface area (Å²) in [6.45, 7) is 4.93. The predicted molar refractivity (Wildman–Crippen MR) is 81.6 cm³/mol. The summed E-state index contributed by atoms with van der Waals surface area (Å²) in [5.41, 5.74) is 6.14. The van der Waals surface area contributed by atoms with E-state index in [0.29, 0.717) is 18.4 Å². The van der Waals surface area contributed by atoms with Crippen LogP contribution in [-0.2, 0) is 0 Å². The molecule has 0 radical (unpaired) electrons. The fraction of sp³-hybridized carbons (Fsp3) is 0.667. The van der Waals surface area contributed by atoms with E-state index in [2.05, 4.69) is 21.7 Å². The van der Waals surface area contributed by atoms with E-state index in [0.717, 1.165) is 18.8 Å². The van der Waals surface area contributed by atoms with Crippen molar-refractivity contribution < 1.29 is 4.42 Å². The van der Waals surface area contributed by atoms with Crippen molar-refractivity contribution in [1.29, 1.82) is 0 Å². The second-order valence-electron chi connectivity index (χ2n) is 5.89. The van der Waals surface area contributed by atoms with E-state index in [1.54, 1.807) is 6.26 Å². The highest BCUT2D eigenvalue weighted by molar-refractivity contribution is 5.78. The average Bonchev–Trinajstić information content (AvgIpc) is 2.92. The van der Waals surface area contributed by atoms with Gasteiger partial charge in [0.15, 0.2) is 5.96 Å². The third-order valence-electron chi connectivity index (χ3n) is 3.90. The Kier molecular flexibility index (Phi) is 5.06. The molecule has 1 aromatic heterocycles. The third kappa shape index (κ3) is 3.76. The lowest BCUT2D eigenvalue weighted by Gasteiger charge is -2.32. The van der Waals surface area contributed by atoms with E-state index in [1.807, 2.05) is 26.2 Å². The van der Waals surface area contributed by atoms with E-state index in [1.165, 1.54) is 12.8 Å². The van der Waals surface area contributed by atoms with Crippen LogP contribution in [0.5, 0.6) is 0 Å². The van der Waals surface area contributed by atoms with Crippen LogP contribution in [0, 0.1) is 5.92 Å². The molecule has 0 saturated carbocycles. The van der Waals surface area contributed by atoms with E-state index in [9.17, 15) is 0 Å². The monoisotopic (exact) mass is 278 g/mol. The zero-order valence-electron chi connectivity index (χ0n) is 12.7. The van der Waals surface area contributed by atoms with Crippen molar-refractivity contribution in [2.24, 2.45) is 16.6 Å². The zero-order valence-corrected chi connectivity index (χ0v) is 12.7. The first-order chi connectivity index (χ1) is 9.58. The van der Waals surface area contributed by atoms with Gasteiger partial charge in [-0.3, -0.25) is 9.89 Å². The van der Waals surface area contributed by atoms with E-state index >= 15 is 0 Å². The molecule has 5 nitrogen and oxygen atoms in total. The lowest BCUT2D eigenvalue weighted by atomic mass is 10.0. The summed E-state index contributed by atoms with van der Waals surface area (Å²) in [5.74, 6) is 2.29. The molecule has 0 amide bonds. The van der Waals surface area contributed by atoms with Crippen LogP contribution >= 0.6 is 0 Å². The Balaban J connectivity index is 1.98. The molecule has 2 unspecified atom stereocenters. The number of rotatable bonds is 4. The number of guanidine groups is 1. The van der Waals surface area contributed by atoms with Gasteiger partial charge in [-0.15, -0.1) is 0 Å². The highest BCUT2D eigenvalue weighted by atomic mass is 16.3. The molecule has 0 spiro atoms. The van der Waals surface area contributed by atoms with Gasteiger partial charge in [-0.1, -0.05) is 6.92 Å². The fourth-order valence-corrected chi connectivity index (χ4v) is 2.67. The molecule has 112 valence electrons. The Morgan fingerprint density at radius 3 is 3.00 bits per heavy atom. The van der Waals surface area contributed by atoms with Crippen LogP contribution in [0.1, 0.15) is 31.6 Å². The Labute approximate surface area is 121 Å². The van der Waals surface area contributed by atoms with Gasteiger partial charge in [0.05, 0.1) is 18.8 Å². The molecule has 1 saturated heterocycles. The van der Waals surface area contributed by atoms with Gasteiger partial charge in [0.1, 0.15) is 5.76 Å². The number of likely N-dealkylation sites (N-methyl/N-ethyl adjacent to an activating group) is 1. The van der Waals surface area contributed by atoms with Gasteiger partial charge in [0.2, 0.25) is 0 Å². The third-order valence-corrected chi connectivity index (χ3v) is 3.90. The van der Waals surface area contributed by atoms with Gasteiger partial charge in [0, 0.05) is 13.1 Å². The molecule has 20 heavy (non-hydrogen) atoms. The maximum absolute atomic E-state index is 6.14. The summed E-state index contributed by atoms with van der Waals surface area (Å²) < 4.78 is 5.49. The summed E-state index contributed by atoms with van der Waals surface area (Å²) in [6, 6.07) is 4.02. The first kappa shape index (κ1) is 14.9. The smallest absolute Gasteiger partial charge is 0.191 e. The van der Waals surface area contributed by atoms with Crippen molar-refractivity contribution in [2.45, 2.75) is 25.8 Å². The maximum Gasteiger partial charge on any atom is 0.191 e. The lowest BCUT2D eigenvalue weighted by Crippen LogP contribution is -2.43. The Morgan fingerprint density at radius 1 is 1.60 bits per heavy atom. The van der Waals surface area contributed by atoms with Crippen molar-refractivity contribution in [1.82, 2.24) is 9.80 Å². The van der Waals surface area contributed by atoms with Crippen molar-refractivity contribution in [3.05, 3.63) is 24.2 Å². The summed E-state index contributed by atoms with van der Waals surface area (Å²) in [7, 11) is 4.06. The largest absolute Gasteiger partial charge is 0.468 e. The second kappa shape index (κ2) is 6.79. The number of aliphatic imine (C=N–C) groups is 1. The van der Waals surface area contributed by atoms with Gasteiger partial charge in [-0.25, -0.2) is 0 Å². The van der Waals surface area contributed by atoms with E-state index < -0.39 is 0 Å². The SMILES string of the molecule is CC1CCCN(C(N)=NCC(c2ccco2)N(C)C)C1. The summed E-state index contributed by atoms with van der Waals surface area (Å²) in [5, 5.41) is 0. The lowest BCUT2D eigenvalue weighted by molar-refractivity contribution is 0.257. The van der Waals surface area contributed by atoms with Crippen LogP contribution in [0.2, 0.25) is 0 Å². The molecule has 2 rings (SSSR count). The van der Waals surface area contributed by atoms with Crippen LogP contribution in [0.4, 0.5) is 0 Å². The summed E-state index contributed by atoms with van der Waals surface area (Å²) >= 11 is 0. The van der Waals surface area contributed by atoms with Crippen LogP contribution in [0.15, 0.2) is 27.8 Å². The highest BCUT2D eigenvalue weighted by Crippen LogP contribution is 2.19. The van der Waals surface area contributed by atoms with Crippen molar-refractivity contribution in [3.63, 3.8) is 0 Å². The number of hydrogen-bond donors (Lipinski definition) is 1. The van der Waals surface area contributed by atoms with Gasteiger partial charge in [0.25, 0.3) is 0 Å². The quantitative estimate of drug-likeness (QED) is 0.675. The van der Waals surface area contributed by atoms with E-state index in [-0.39, 0.29) is 6.04 Å². The number of nitrogens with zero attached hydrogens (tertiary/aromatic N) is 3. The first-order valence-corrected chi connectivity index (χ1v) is 7.32. The fourth-order valence-electron chi connectivity index (χ4n) is 2.67. The van der Waals surface area contributed by atoms with Crippen molar-refractivity contribution in [3.8, 4) is 0 Å². The summed E-state index contributed by atoms with van der Waals surface area (Å²) in [6.07, 6.45) is 4.19. The molecular weight excluding hydrogens is 252 g/mol. The first-order valence-electron chi connectivity index (χ1n) is 7.32. The molecule has 2 N–H and O–H groups in total. The van der Waals surface area contributed by atoms with Crippen LogP contribution in [0.25, 0.3) is 0 Å².